The van der Waals surface area contributed by atoms with Gasteiger partial charge in [0.15, 0.2) is 0 Å². The standard InChI is InChI=1S/C19H26N4O/c1-4-23-15(2)13-18(16(23)3)19(24)22-11-9-21(10-12-22)14-17-7-5-6-8-20-17/h5-8,13H,4,9-12,14H2,1-3H3. The van der Waals surface area contributed by atoms with Crippen LogP contribution in [0.3, 0.4) is 0 Å². The number of amides is 1. The van der Waals surface area contributed by atoms with Gasteiger partial charge in [-0.25, -0.2) is 0 Å². The first-order chi connectivity index (χ1) is 11.6. The van der Waals surface area contributed by atoms with Gasteiger partial charge < -0.3 is 9.47 Å². The van der Waals surface area contributed by atoms with E-state index in [9.17, 15) is 4.79 Å². The zero-order chi connectivity index (χ0) is 17.1. The van der Waals surface area contributed by atoms with Gasteiger partial charge in [0.2, 0.25) is 0 Å². The molecule has 1 saturated heterocycles. The zero-order valence-corrected chi connectivity index (χ0v) is 14.8. The van der Waals surface area contributed by atoms with Crippen LogP contribution in [0.25, 0.3) is 0 Å². The molecule has 0 unspecified atom stereocenters. The van der Waals surface area contributed by atoms with Crippen LogP contribution in [-0.2, 0) is 13.1 Å². The zero-order valence-electron chi connectivity index (χ0n) is 14.8. The van der Waals surface area contributed by atoms with E-state index in [4.69, 9.17) is 0 Å². The van der Waals surface area contributed by atoms with E-state index in [0.717, 1.165) is 61.9 Å². The third-order valence-corrected chi connectivity index (χ3v) is 4.89. The summed E-state index contributed by atoms with van der Waals surface area (Å²) in [6.45, 7) is 11.3. The molecule has 0 atom stereocenters. The molecular weight excluding hydrogens is 300 g/mol. The first-order valence-electron chi connectivity index (χ1n) is 8.68. The Bertz CT molecular complexity index is 700. The molecule has 1 amide bonds. The summed E-state index contributed by atoms with van der Waals surface area (Å²) in [5.74, 6) is 0.167. The molecule has 5 nitrogen and oxygen atoms in total. The second kappa shape index (κ2) is 7.18. The minimum atomic E-state index is 0.167. The summed E-state index contributed by atoms with van der Waals surface area (Å²) in [5, 5.41) is 0. The van der Waals surface area contributed by atoms with E-state index in [0.29, 0.717) is 0 Å². The molecule has 2 aromatic rings. The summed E-state index contributed by atoms with van der Waals surface area (Å²) in [4.78, 5) is 21.6. The maximum atomic E-state index is 12.8. The highest BCUT2D eigenvalue weighted by Gasteiger charge is 2.25. The summed E-state index contributed by atoms with van der Waals surface area (Å²) in [5.41, 5.74) is 4.18. The summed E-state index contributed by atoms with van der Waals surface area (Å²) in [6, 6.07) is 8.04. The number of pyridine rings is 1. The van der Waals surface area contributed by atoms with Crippen molar-refractivity contribution < 1.29 is 4.79 Å². The van der Waals surface area contributed by atoms with Crippen molar-refractivity contribution >= 4 is 5.91 Å². The minimum Gasteiger partial charge on any atom is -0.349 e. The van der Waals surface area contributed by atoms with Gasteiger partial charge in [-0.1, -0.05) is 6.07 Å². The lowest BCUT2D eigenvalue weighted by molar-refractivity contribution is 0.0626. The number of carbonyl (C=O) groups is 1. The highest BCUT2D eigenvalue weighted by molar-refractivity contribution is 5.95. The molecule has 0 bridgehead atoms. The molecule has 0 radical (unpaired) electrons. The lowest BCUT2D eigenvalue weighted by Gasteiger charge is -2.34. The van der Waals surface area contributed by atoms with Crippen LogP contribution in [0.2, 0.25) is 0 Å². The number of aryl methyl sites for hydroxylation is 1. The number of carbonyl (C=O) groups excluding carboxylic acids is 1. The van der Waals surface area contributed by atoms with E-state index in [2.05, 4.69) is 34.4 Å². The molecule has 3 rings (SSSR count). The quantitative estimate of drug-likeness (QED) is 0.867. The van der Waals surface area contributed by atoms with Crippen molar-refractivity contribution in [3.8, 4) is 0 Å². The van der Waals surface area contributed by atoms with Crippen LogP contribution in [0.4, 0.5) is 0 Å². The first kappa shape index (κ1) is 16.7. The molecule has 1 fully saturated rings. The number of hydrogen-bond donors (Lipinski definition) is 0. The Labute approximate surface area is 143 Å². The van der Waals surface area contributed by atoms with E-state index >= 15 is 0 Å². The lowest BCUT2D eigenvalue weighted by Crippen LogP contribution is -2.48. The topological polar surface area (TPSA) is 41.4 Å². The van der Waals surface area contributed by atoms with E-state index in [1.165, 1.54) is 0 Å². The fourth-order valence-electron chi connectivity index (χ4n) is 3.50. The normalized spacial score (nSPS) is 15.7. The van der Waals surface area contributed by atoms with Gasteiger partial charge in [-0.15, -0.1) is 0 Å². The molecule has 1 aliphatic rings. The van der Waals surface area contributed by atoms with Crippen LogP contribution in [0.15, 0.2) is 30.5 Å². The third kappa shape index (κ3) is 3.36. The van der Waals surface area contributed by atoms with Crippen molar-refractivity contribution in [2.45, 2.75) is 33.9 Å². The molecule has 5 heteroatoms. The molecule has 24 heavy (non-hydrogen) atoms. The Balaban J connectivity index is 1.61. The van der Waals surface area contributed by atoms with E-state index < -0.39 is 0 Å². The summed E-state index contributed by atoms with van der Waals surface area (Å²) < 4.78 is 2.20. The van der Waals surface area contributed by atoms with Gasteiger partial charge in [0.25, 0.3) is 5.91 Å². The van der Waals surface area contributed by atoms with Crippen LogP contribution >= 0.6 is 0 Å². The molecule has 1 aliphatic heterocycles. The van der Waals surface area contributed by atoms with E-state index in [1.54, 1.807) is 0 Å². The van der Waals surface area contributed by atoms with Gasteiger partial charge in [-0.2, -0.15) is 0 Å². The van der Waals surface area contributed by atoms with Crippen molar-refractivity contribution in [2.24, 2.45) is 0 Å². The average Bonchev–Trinajstić information content (AvgIpc) is 2.89. The molecule has 0 N–H and O–H groups in total. The highest BCUT2D eigenvalue weighted by Crippen LogP contribution is 2.18. The van der Waals surface area contributed by atoms with E-state index in [-0.39, 0.29) is 5.91 Å². The summed E-state index contributed by atoms with van der Waals surface area (Å²) in [6.07, 6.45) is 1.83. The lowest BCUT2D eigenvalue weighted by atomic mass is 10.2. The number of rotatable bonds is 4. The van der Waals surface area contributed by atoms with Crippen LogP contribution < -0.4 is 0 Å². The molecule has 0 aromatic carbocycles. The van der Waals surface area contributed by atoms with Gasteiger partial charge in [0, 0.05) is 56.9 Å². The van der Waals surface area contributed by atoms with Gasteiger partial charge in [-0.05, 0) is 39.0 Å². The average molecular weight is 326 g/mol. The largest absolute Gasteiger partial charge is 0.349 e. The van der Waals surface area contributed by atoms with Crippen LogP contribution in [0.5, 0.6) is 0 Å². The summed E-state index contributed by atoms with van der Waals surface area (Å²) >= 11 is 0. The maximum Gasteiger partial charge on any atom is 0.255 e. The monoisotopic (exact) mass is 326 g/mol. The Hall–Kier alpha value is -2.14. The SMILES string of the molecule is CCn1c(C)cc(C(=O)N2CCN(Cc3ccccn3)CC2)c1C. The molecule has 0 aliphatic carbocycles. The molecule has 2 aromatic heterocycles. The molecule has 0 saturated carbocycles. The second-order valence-corrected chi connectivity index (χ2v) is 6.42. The van der Waals surface area contributed by atoms with Crippen molar-refractivity contribution in [1.29, 1.82) is 0 Å². The van der Waals surface area contributed by atoms with Gasteiger partial charge >= 0.3 is 0 Å². The predicted molar refractivity (Wildman–Crippen MR) is 95.0 cm³/mol. The van der Waals surface area contributed by atoms with Crippen LogP contribution in [0.1, 0.15) is 34.4 Å². The van der Waals surface area contributed by atoms with Gasteiger partial charge in [0.1, 0.15) is 0 Å². The number of aromatic nitrogens is 2. The fraction of sp³-hybridized carbons (Fsp3) is 0.474. The van der Waals surface area contributed by atoms with Crippen molar-refractivity contribution in [2.75, 3.05) is 26.2 Å². The smallest absolute Gasteiger partial charge is 0.255 e. The second-order valence-electron chi connectivity index (χ2n) is 6.42. The third-order valence-electron chi connectivity index (χ3n) is 4.89. The molecule has 3 heterocycles. The fourth-order valence-corrected chi connectivity index (χ4v) is 3.50. The van der Waals surface area contributed by atoms with Gasteiger partial charge in [0.05, 0.1) is 11.3 Å². The van der Waals surface area contributed by atoms with Crippen molar-refractivity contribution in [1.82, 2.24) is 19.4 Å². The van der Waals surface area contributed by atoms with Gasteiger partial charge in [-0.3, -0.25) is 14.7 Å². The van der Waals surface area contributed by atoms with Crippen molar-refractivity contribution in [3.05, 3.63) is 53.1 Å². The molecule has 128 valence electrons. The Morgan fingerprint density at radius 3 is 2.50 bits per heavy atom. The number of hydrogen-bond acceptors (Lipinski definition) is 3. The van der Waals surface area contributed by atoms with Crippen molar-refractivity contribution in [3.63, 3.8) is 0 Å². The predicted octanol–water partition coefficient (Wildman–Crippen LogP) is 2.48. The Morgan fingerprint density at radius 2 is 1.92 bits per heavy atom. The maximum absolute atomic E-state index is 12.8. The minimum absolute atomic E-state index is 0.167. The van der Waals surface area contributed by atoms with Crippen LogP contribution in [0, 0.1) is 13.8 Å². The highest BCUT2D eigenvalue weighted by atomic mass is 16.2. The summed E-state index contributed by atoms with van der Waals surface area (Å²) in [7, 11) is 0. The molecule has 0 spiro atoms. The van der Waals surface area contributed by atoms with E-state index in [1.807, 2.05) is 36.2 Å². The number of piperazine rings is 1. The first-order valence-corrected chi connectivity index (χ1v) is 8.68. The van der Waals surface area contributed by atoms with Crippen LogP contribution in [-0.4, -0.2) is 51.4 Å². The Morgan fingerprint density at radius 1 is 1.17 bits per heavy atom. The number of nitrogens with zero attached hydrogens (tertiary/aromatic N) is 4. The Kier molecular flexibility index (Phi) is 5.00. The molecular formula is C19H26N4O.